The first-order valence-corrected chi connectivity index (χ1v) is 6.18. The highest BCUT2D eigenvalue weighted by molar-refractivity contribution is 5.70. The number of hydrogen-bond donors (Lipinski definition) is 1. The number of rotatable bonds is 7. The number of nitrogens with zero attached hydrogens (tertiary/aromatic N) is 2. The number of ether oxygens (including phenoxy) is 2. The number of carboxylic acids is 1. The molecule has 0 spiro atoms. The van der Waals surface area contributed by atoms with Crippen LogP contribution in [0, 0.1) is 0 Å². The normalized spacial score (nSPS) is 10.2. The van der Waals surface area contributed by atoms with Crippen LogP contribution in [0.25, 0.3) is 0 Å². The molecular weight excluding hydrogens is 260 g/mol. The summed E-state index contributed by atoms with van der Waals surface area (Å²) in [6, 6.07) is 6.99. The summed E-state index contributed by atoms with van der Waals surface area (Å²) in [6.45, 7) is 0.829. The minimum atomic E-state index is -0.844. The highest BCUT2D eigenvalue weighted by Gasteiger charge is 2.01. The van der Waals surface area contributed by atoms with Crippen LogP contribution in [0.4, 0.5) is 0 Å². The van der Waals surface area contributed by atoms with Crippen molar-refractivity contribution in [3.8, 4) is 11.5 Å². The van der Waals surface area contributed by atoms with Crippen molar-refractivity contribution in [2.24, 2.45) is 7.05 Å². The van der Waals surface area contributed by atoms with E-state index >= 15 is 0 Å². The Morgan fingerprint density at radius 3 is 2.40 bits per heavy atom. The molecule has 1 aromatic heterocycles. The fourth-order valence-corrected chi connectivity index (χ4v) is 1.67. The molecule has 0 amide bonds. The topological polar surface area (TPSA) is 73.6 Å². The van der Waals surface area contributed by atoms with Crippen molar-refractivity contribution in [1.29, 1.82) is 0 Å². The highest BCUT2D eigenvalue weighted by Crippen LogP contribution is 2.13. The van der Waals surface area contributed by atoms with Gasteiger partial charge in [0.15, 0.2) is 5.75 Å². The van der Waals surface area contributed by atoms with Gasteiger partial charge in [-0.2, -0.15) is 5.10 Å². The number of hydrogen-bond acceptors (Lipinski definition) is 4. The summed E-state index contributed by atoms with van der Waals surface area (Å²) in [5.41, 5.74) is 0.747. The van der Waals surface area contributed by atoms with Crippen molar-refractivity contribution in [1.82, 2.24) is 9.78 Å². The SMILES string of the molecule is Cn1cc(OCCOc2ccc(CC(=O)O)cc2)cn1. The van der Waals surface area contributed by atoms with Gasteiger partial charge in [-0.3, -0.25) is 9.48 Å². The van der Waals surface area contributed by atoms with Crippen LogP contribution in [0.2, 0.25) is 0 Å². The first kappa shape index (κ1) is 13.9. The lowest BCUT2D eigenvalue weighted by molar-refractivity contribution is -0.136. The summed E-state index contributed by atoms with van der Waals surface area (Å²) in [4.78, 5) is 10.5. The molecule has 0 saturated heterocycles. The van der Waals surface area contributed by atoms with Gasteiger partial charge in [0.05, 0.1) is 18.8 Å². The van der Waals surface area contributed by atoms with Crippen LogP contribution in [-0.2, 0) is 18.3 Å². The van der Waals surface area contributed by atoms with E-state index in [0.29, 0.717) is 24.7 Å². The lowest BCUT2D eigenvalue weighted by atomic mass is 10.1. The van der Waals surface area contributed by atoms with Gasteiger partial charge in [-0.25, -0.2) is 0 Å². The summed E-state index contributed by atoms with van der Waals surface area (Å²) < 4.78 is 12.6. The molecule has 0 aliphatic heterocycles. The minimum Gasteiger partial charge on any atom is -0.490 e. The molecule has 2 aromatic rings. The van der Waals surface area contributed by atoms with Gasteiger partial charge in [0.2, 0.25) is 0 Å². The maximum atomic E-state index is 10.5. The Balaban J connectivity index is 1.72. The predicted octanol–water partition coefficient (Wildman–Crippen LogP) is 1.50. The molecule has 0 radical (unpaired) electrons. The van der Waals surface area contributed by atoms with E-state index in [9.17, 15) is 4.79 Å². The molecule has 0 atom stereocenters. The van der Waals surface area contributed by atoms with E-state index in [-0.39, 0.29) is 6.42 Å². The molecular formula is C14H16N2O4. The quantitative estimate of drug-likeness (QED) is 0.776. The van der Waals surface area contributed by atoms with E-state index in [2.05, 4.69) is 5.10 Å². The van der Waals surface area contributed by atoms with E-state index in [1.54, 1.807) is 41.3 Å². The first-order chi connectivity index (χ1) is 9.63. The minimum absolute atomic E-state index is 0.0183. The molecule has 0 saturated carbocycles. The zero-order valence-electron chi connectivity index (χ0n) is 11.2. The Kier molecular flexibility index (Phi) is 4.60. The maximum absolute atomic E-state index is 10.5. The third kappa shape index (κ3) is 4.31. The van der Waals surface area contributed by atoms with Crippen molar-refractivity contribution in [3.63, 3.8) is 0 Å². The lowest BCUT2D eigenvalue weighted by Crippen LogP contribution is -2.08. The molecule has 6 heteroatoms. The number of carboxylic acid groups (broad SMARTS) is 1. The van der Waals surface area contributed by atoms with E-state index in [1.807, 2.05) is 7.05 Å². The van der Waals surface area contributed by atoms with Crippen LogP contribution >= 0.6 is 0 Å². The molecule has 1 heterocycles. The summed E-state index contributed by atoms with van der Waals surface area (Å²) in [6.07, 6.45) is 3.44. The number of aromatic nitrogens is 2. The van der Waals surface area contributed by atoms with Gasteiger partial charge in [-0.1, -0.05) is 12.1 Å². The van der Waals surface area contributed by atoms with Crippen LogP contribution in [0.1, 0.15) is 5.56 Å². The van der Waals surface area contributed by atoms with Gasteiger partial charge >= 0.3 is 5.97 Å². The molecule has 0 aliphatic carbocycles. The number of aliphatic carboxylic acids is 1. The molecule has 106 valence electrons. The van der Waals surface area contributed by atoms with Gasteiger partial charge < -0.3 is 14.6 Å². The van der Waals surface area contributed by atoms with Crippen LogP contribution in [0.3, 0.4) is 0 Å². The monoisotopic (exact) mass is 276 g/mol. The van der Waals surface area contributed by atoms with Crippen molar-refractivity contribution >= 4 is 5.97 Å². The van der Waals surface area contributed by atoms with E-state index < -0.39 is 5.97 Å². The third-order valence-corrected chi connectivity index (χ3v) is 2.58. The molecule has 20 heavy (non-hydrogen) atoms. The number of benzene rings is 1. The fraction of sp³-hybridized carbons (Fsp3) is 0.286. The average Bonchev–Trinajstić information content (AvgIpc) is 2.82. The molecule has 1 aromatic carbocycles. The van der Waals surface area contributed by atoms with E-state index in [4.69, 9.17) is 14.6 Å². The zero-order chi connectivity index (χ0) is 14.4. The standard InChI is InChI=1S/C14H16N2O4/c1-16-10-13(9-15-16)20-7-6-19-12-4-2-11(3-5-12)8-14(17)18/h2-5,9-10H,6-8H2,1H3,(H,17,18). The largest absolute Gasteiger partial charge is 0.490 e. The lowest BCUT2D eigenvalue weighted by Gasteiger charge is -2.07. The first-order valence-electron chi connectivity index (χ1n) is 6.18. The van der Waals surface area contributed by atoms with Crippen LogP contribution in [0.15, 0.2) is 36.7 Å². The van der Waals surface area contributed by atoms with Crippen molar-refractivity contribution < 1.29 is 19.4 Å². The van der Waals surface area contributed by atoms with Crippen LogP contribution in [-0.4, -0.2) is 34.1 Å². The molecule has 1 N–H and O–H groups in total. The van der Waals surface area contributed by atoms with Crippen molar-refractivity contribution in [2.45, 2.75) is 6.42 Å². The second-order valence-corrected chi connectivity index (χ2v) is 4.26. The Morgan fingerprint density at radius 1 is 1.20 bits per heavy atom. The van der Waals surface area contributed by atoms with Crippen molar-refractivity contribution in [3.05, 3.63) is 42.2 Å². The Labute approximate surface area is 116 Å². The molecule has 2 rings (SSSR count). The van der Waals surface area contributed by atoms with E-state index in [0.717, 1.165) is 5.56 Å². The van der Waals surface area contributed by atoms with Gasteiger partial charge in [0.1, 0.15) is 19.0 Å². The Hall–Kier alpha value is -2.50. The second kappa shape index (κ2) is 6.60. The molecule has 0 unspecified atom stereocenters. The van der Waals surface area contributed by atoms with Crippen LogP contribution < -0.4 is 9.47 Å². The molecule has 0 fully saturated rings. The smallest absolute Gasteiger partial charge is 0.307 e. The average molecular weight is 276 g/mol. The summed E-state index contributed by atoms with van der Waals surface area (Å²) in [5.74, 6) is 0.547. The Bertz CT molecular complexity index is 563. The van der Waals surface area contributed by atoms with Gasteiger partial charge in [0.25, 0.3) is 0 Å². The van der Waals surface area contributed by atoms with Crippen molar-refractivity contribution in [2.75, 3.05) is 13.2 Å². The van der Waals surface area contributed by atoms with Crippen LogP contribution in [0.5, 0.6) is 11.5 Å². The number of aryl methyl sites for hydroxylation is 1. The third-order valence-electron chi connectivity index (χ3n) is 2.58. The molecule has 0 bridgehead atoms. The predicted molar refractivity (Wildman–Crippen MR) is 72.0 cm³/mol. The summed E-state index contributed by atoms with van der Waals surface area (Å²) in [5, 5.41) is 12.7. The van der Waals surface area contributed by atoms with Gasteiger partial charge in [0, 0.05) is 7.05 Å². The van der Waals surface area contributed by atoms with Gasteiger partial charge in [-0.15, -0.1) is 0 Å². The summed E-state index contributed by atoms with van der Waals surface area (Å²) >= 11 is 0. The second-order valence-electron chi connectivity index (χ2n) is 4.26. The zero-order valence-corrected chi connectivity index (χ0v) is 11.2. The molecule has 6 nitrogen and oxygen atoms in total. The molecule has 0 aliphatic rings. The van der Waals surface area contributed by atoms with Gasteiger partial charge in [-0.05, 0) is 17.7 Å². The number of carbonyl (C=O) groups is 1. The Morgan fingerprint density at radius 2 is 1.85 bits per heavy atom. The maximum Gasteiger partial charge on any atom is 0.307 e. The fourth-order valence-electron chi connectivity index (χ4n) is 1.67. The summed E-state index contributed by atoms with van der Waals surface area (Å²) in [7, 11) is 1.82. The van der Waals surface area contributed by atoms with E-state index in [1.165, 1.54) is 0 Å². The highest BCUT2D eigenvalue weighted by atomic mass is 16.5.